The molecule has 6 heteroatoms. The van der Waals surface area contributed by atoms with Crippen molar-refractivity contribution >= 4 is 11.6 Å². The van der Waals surface area contributed by atoms with Gasteiger partial charge in [-0.3, -0.25) is 9.69 Å². The van der Waals surface area contributed by atoms with Gasteiger partial charge in [0, 0.05) is 37.5 Å². The van der Waals surface area contributed by atoms with Crippen LogP contribution in [0.15, 0.2) is 48.5 Å². The number of para-hydroxylation sites is 1. The Labute approximate surface area is 171 Å². The van der Waals surface area contributed by atoms with E-state index in [9.17, 15) is 4.79 Å². The quantitative estimate of drug-likeness (QED) is 0.778. The molecule has 2 aliphatic rings. The monoisotopic (exact) mass is 396 g/mol. The van der Waals surface area contributed by atoms with Crippen molar-refractivity contribution in [3.63, 3.8) is 0 Å². The van der Waals surface area contributed by atoms with Crippen LogP contribution in [0.2, 0.25) is 0 Å². The van der Waals surface area contributed by atoms with Gasteiger partial charge >= 0.3 is 0 Å². The van der Waals surface area contributed by atoms with Crippen LogP contribution in [0, 0.1) is 0 Å². The number of rotatable bonds is 7. The summed E-state index contributed by atoms with van der Waals surface area (Å²) in [6.45, 7) is 5.52. The number of nitrogens with one attached hydrogen (secondary N) is 1. The van der Waals surface area contributed by atoms with E-state index in [1.165, 1.54) is 0 Å². The van der Waals surface area contributed by atoms with Crippen LogP contribution in [-0.2, 0) is 16.0 Å². The molecule has 0 spiro atoms. The van der Waals surface area contributed by atoms with Gasteiger partial charge in [-0.1, -0.05) is 18.2 Å². The maximum absolute atomic E-state index is 12.7. The zero-order chi connectivity index (χ0) is 19.9. The van der Waals surface area contributed by atoms with Crippen molar-refractivity contribution in [2.75, 3.05) is 44.8 Å². The van der Waals surface area contributed by atoms with Crippen molar-refractivity contribution in [3.05, 3.63) is 59.7 Å². The van der Waals surface area contributed by atoms with Gasteiger partial charge < -0.3 is 19.5 Å². The largest absolute Gasteiger partial charge is 0.491 e. The average Bonchev–Trinajstić information content (AvgIpc) is 3.28. The zero-order valence-electron chi connectivity index (χ0n) is 16.6. The molecular formula is C23H28N2O4. The molecule has 1 atom stereocenters. The van der Waals surface area contributed by atoms with Gasteiger partial charge in [0.15, 0.2) is 0 Å². The molecule has 6 nitrogen and oxygen atoms in total. The van der Waals surface area contributed by atoms with Gasteiger partial charge in [0.2, 0.25) is 0 Å². The molecule has 154 valence electrons. The Hall–Kier alpha value is -2.41. The van der Waals surface area contributed by atoms with Crippen molar-refractivity contribution in [3.8, 4) is 5.75 Å². The van der Waals surface area contributed by atoms with E-state index in [1.807, 2.05) is 30.3 Å². The first kappa shape index (κ1) is 19.9. The summed E-state index contributed by atoms with van der Waals surface area (Å²) in [5, 5.41) is 3.05. The Morgan fingerprint density at radius 2 is 1.86 bits per heavy atom. The maximum Gasteiger partial charge on any atom is 0.255 e. The van der Waals surface area contributed by atoms with E-state index in [-0.39, 0.29) is 12.0 Å². The van der Waals surface area contributed by atoms with Crippen LogP contribution < -0.4 is 10.1 Å². The van der Waals surface area contributed by atoms with E-state index in [2.05, 4.69) is 16.3 Å². The van der Waals surface area contributed by atoms with Crippen LogP contribution in [0.4, 0.5) is 5.69 Å². The molecule has 0 radical (unpaired) electrons. The molecule has 0 saturated carbocycles. The normalized spacial score (nSPS) is 19.8. The van der Waals surface area contributed by atoms with E-state index in [0.29, 0.717) is 12.2 Å². The van der Waals surface area contributed by atoms with Gasteiger partial charge in [0.1, 0.15) is 12.4 Å². The van der Waals surface area contributed by atoms with E-state index < -0.39 is 0 Å². The summed E-state index contributed by atoms with van der Waals surface area (Å²) < 4.78 is 16.8. The molecule has 0 aromatic heterocycles. The molecule has 29 heavy (non-hydrogen) atoms. The second-order valence-corrected chi connectivity index (χ2v) is 7.47. The molecule has 1 N–H and O–H groups in total. The minimum Gasteiger partial charge on any atom is -0.491 e. The lowest BCUT2D eigenvalue weighted by Crippen LogP contribution is -2.35. The number of morpholine rings is 1. The Morgan fingerprint density at radius 3 is 2.62 bits per heavy atom. The lowest BCUT2D eigenvalue weighted by Gasteiger charge is -2.27. The highest BCUT2D eigenvalue weighted by Crippen LogP contribution is 2.20. The molecule has 0 unspecified atom stereocenters. The van der Waals surface area contributed by atoms with E-state index >= 15 is 0 Å². The van der Waals surface area contributed by atoms with Crippen LogP contribution >= 0.6 is 0 Å². The molecule has 2 aromatic carbocycles. The Kier molecular flexibility index (Phi) is 6.77. The summed E-state index contributed by atoms with van der Waals surface area (Å²) in [6.07, 6.45) is 2.32. The standard InChI is InChI=1S/C23H28N2O4/c26-23(18-7-9-20(10-8-18)29-17-21-5-3-13-28-21)24-22-6-2-1-4-19(22)16-25-11-14-27-15-12-25/h1-2,4,6-10,21H,3,5,11-17H2,(H,24,26)/t21-/m1/s1. The van der Waals surface area contributed by atoms with E-state index in [4.69, 9.17) is 14.2 Å². The number of carbonyl (C=O) groups excluding carboxylic acids is 1. The SMILES string of the molecule is O=C(Nc1ccccc1CN1CCOCC1)c1ccc(OC[C@H]2CCCO2)cc1. The second-order valence-electron chi connectivity index (χ2n) is 7.47. The van der Waals surface area contributed by atoms with Gasteiger partial charge in [-0.25, -0.2) is 0 Å². The fourth-order valence-corrected chi connectivity index (χ4v) is 3.64. The van der Waals surface area contributed by atoms with Gasteiger partial charge in [-0.15, -0.1) is 0 Å². The summed E-state index contributed by atoms with van der Waals surface area (Å²) in [5.41, 5.74) is 2.57. The molecule has 0 bridgehead atoms. The minimum absolute atomic E-state index is 0.120. The summed E-state index contributed by atoms with van der Waals surface area (Å²) in [7, 11) is 0. The molecule has 2 aliphatic heterocycles. The van der Waals surface area contributed by atoms with Gasteiger partial charge in [-0.05, 0) is 48.7 Å². The average molecular weight is 396 g/mol. The third-order valence-electron chi connectivity index (χ3n) is 5.34. The van der Waals surface area contributed by atoms with Gasteiger partial charge in [-0.2, -0.15) is 0 Å². The fraction of sp³-hybridized carbons (Fsp3) is 0.435. The van der Waals surface area contributed by atoms with Crippen molar-refractivity contribution in [2.24, 2.45) is 0 Å². The van der Waals surface area contributed by atoms with Crippen LogP contribution in [0.5, 0.6) is 5.75 Å². The number of ether oxygens (including phenoxy) is 3. The third kappa shape index (κ3) is 5.56. The number of carbonyl (C=O) groups is 1. The molecule has 2 aromatic rings. The van der Waals surface area contributed by atoms with Crippen molar-refractivity contribution in [1.82, 2.24) is 4.90 Å². The van der Waals surface area contributed by atoms with Crippen LogP contribution in [0.3, 0.4) is 0 Å². The van der Waals surface area contributed by atoms with Crippen molar-refractivity contribution in [2.45, 2.75) is 25.5 Å². The number of nitrogens with zero attached hydrogens (tertiary/aromatic N) is 1. The predicted molar refractivity (Wildman–Crippen MR) is 111 cm³/mol. The zero-order valence-corrected chi connectivity index (χ0v) is 16.6. The number of benzene rings is 2. The first-order valence-electron chi connectivity index (χ1n) is 10.3. The van der Waals surface area contributed by atoms with Gasteiger partial charge in [0.05, 0.1) is 19.3 Å². The first-order chi connectivity index (χ1) is 14.3. The van der Waals surface area contributed by atoms with Crippen LogP contribution in [-0.4, -0.2) is 56.4 Å². The van der Waals surface area contributed by atoms with E-state index in [0.717, 1.165) is 69.3 Å². The predicted octanol–water partition coefficient (Wildman–Crippen LogP) is 3.33. The smallest absolute Gasteiger partial charge is 0.255 e. The molecule has 2 fully saturated rings. The highest BCUT2D eigenvalue weighted by atomic mass is 16.5. The molecule has 2 saturated heterocycles. The van der Waals surface area contributed by atoms with Crippen molar-refractivity contribution < 1.29 is 19.0 Å². The second kappa shape index (κ2) is 9.87. The number of amides is 1. The summed E-state index contributed by atoms with van der Waals surface area (Å²) in [5.74, 6) is 0.634. The minimum atomic E-state index is -0.120. The molecule has 4 rings (SSSR count). The molecule has 1 amide bonds. The summed E-state index contributed by atoms with van der Waals surface area (Å²) in [4.78, 5) is 15.1. The topological polar surface area (TPSA) is 60.0 Å². The Balaban J connectivity index is 1.35. The maximum atomic E-state index is 12.7. The Bertz CT molecular complexity index is 797. The van der Waals surface area contributed by atoms with Crippen molar-refractivity contribution in [1.29, 1.82) is 0 Å². The van der Waals surface area contributed by atoms with Crippen LogP contribution in [0.25, 0.3) is 0 Å². The lowest BCUT2D eigenvalue weighted by atomic mass is 10.1. The first-order valence-corrected chi connectivity index (χ1v) is 10.3. The summed E-state index contributed by atoms with van der Waals surface area (Å²) in [6, 6.07) is 15.2. The number of anilines is 1. The number of hydrogen-bond acceptors (Lipinski definition) is 5. The molecule has 2 heterocycles. The Morgan fingerprint density at radius 1 is 1.07 bits per heavy atom. The van der Waals surface area contributed by atoms with E-state index in [1.54, 1.807) is 12.1 Å². The number of hydrogen-bond donors (Lipinski definition) is 1. The van der Waals surface area contributed by atoms with Crippen LogP contribution in [0.1, 0.15) is 28.8 Å². The fourth-order valence-electron chi connectivity index (χ4n) is 3.64. The third-order valence-corrected chi connectivity index (χ3v) is 5.34. The summed E-state index contributed by atoms with van der Waals surface area (Å²) >= 11 is 0. The molecular weight excluding hydrogens is 368 g/mol. The molecule has 0 aliphatic carbocycles. The van der Waals surface area contributed by atoms with Gasteiger partial charge in [0.25, 0.3) is 5.91 Å². The highest BCUT2D eigenvalue weighted by molar-refractivity contribution is 6.04. The lowest BCUT2D eigenvalue weighted by molar-refractivity contribution is 0.0342. The highest BCUT2D eigenvalue weighted by Gasteiger charge is 2.17.